The Labute approximate surface area is 172 Å². The lowest BCUT2D eigenvalue weighted by molar-refractivity contribution is -0.384. The molecule has 0 amide bonds. The second kappa shape index (κ2) is 8.45. The van der Waals surface area contributed by atoms with E-state index in [1.54, 1.807) is 18.3 Å². The molecule has 0 aliphatic rings. The van der Waals surface area contributed by atoms with Crippen LogP contribution in [0.5, 0.6) is 0 Å². The number of hydrogen-bond acceptors (Lipinski definition) is 3. The van der Waals surface area contributed by atoms with E-state index >= 15 is 0 Å². The smallest absolute Gasteiger partial charge is 0.271 e. The summed E-state index contributed by atoms with van der Waals surface area (Å²) in [6.07, 6.45) is 3.71. The van der Waals surface area contributed by atoms with Crippen molar-refractivity contribution in [2.75, 3.05) is 6.67 Å². The van der Waals surface area contributed by atoms with Crippen molar-refractivity contribution in [3.8, 4) is 0 Å². The number of aryl methyl sites for hydroxylation is 1. The maximum absolute atomic E-state index is 13.5. The van der Waals surface area contributed by atoms with Crippen molar-refractivity contribution in [2.45, 2.75) is 25.8 Å². The molecule has 0 saturated heterocycles. The summed E-state index contributed by atoms with van der Waals surface area (Å²) in [6.45, 7) is 0.212. The molecule has 1 aromatic heterocycles. The lowest BCUT2D eigenvalue weighted by Gasteiger charge is -2.05. The predicted molar refractivity (Wildman–Crippen MR) is 116 cm³/mol. The number of nitro groups is 1. The van der Waals surface area contributed by atoms with E-state index in [1.807, 2.05) is 41.0 Å². The van der Waals surface area contributed by atoms with Crippen molar-refractivity contribution in [3.63, 3.8) is 0 Å². The van der Waals surface area contributed by atoms with Gasteiger partial charge in [0.2, 0.25) is 0 Å². The van der Waals surface area contributed by atoms with Gasteiger partial charge in [-0.2, -0.15) is 0 Å². The minimum Gasteiger partial charge on any atom is -0.347 e. The van der Waals surface area contributed by atoms with Gasteiger partial charge in [0, 0.05) is 41.4 Å². The van der Waals surface area contributed by atoms with Crippen molar-refractivity contribution in [2.24, 2.45) is 0 Å². The van der Waals surface area contributed by atoms with Crippen LogP contribution in [-0.4, -0.2) is 21.9 Å². The van der Waals surface area contributed by atoms with Crippen LogP contribution in [0.2, 0.25) is 0 Å². The summed E-state index contributed by atoms with van der Waals surface area (Å²) in [7, 11) is 0. The van der Waals surface area contributed by atoms with Crippen molar-refractivity contribution in [1.82, 2.24) is 4.57 Å². The number of nitro benzene ring substituents is 1. The molecule has 5 nitrogen and oxygen atoms in total. The summed E-state index contributed by atoms with van der Waals surface area (Å²) in [6, 6.07) is 17.9. The molecule has 0 fully saturated rings. The van der Waals surface area contributed by atoms with Crippen molar-refractivity contribution in [1.29, 1.82) is 0 Å². The Balaban J connectivity index is 1.81. The van der Waals surface area contributed by atoms with E-state index in [0.29, 0.717) is 35.0 Å². The number of hydrogen-bond donors (Lipinski definition) is 0. The van der Waals surface area contributed by atoms with Gasteiger partial charge < -0.3 is 4.57 Å². The van der Waals surface area contributed by atoms with Crippen LogP contribution in [-0.2, 0) is 6.54 Å². The number of unbranched alkanes of at least 4 members (excludes halogenated alkanes) is 2. The van der Waals surface area contributed by atoms with Crippen molar-refractivity contribution in [3.05, 3.63) is 88.1 Å². The molecule has 3 aromatic carbocycles. The first-order valence-corrected chi connectivity index (χ1v) is 9.96. The van der Waals surface area contributed by atoms with E-state index in [4.69, 9.17) is 0 Å². The first-order valence-electron chi connectivity index (χ1n) is 9.96. The number of aromatic nitrogens is 1. The number of benzene rings is 3. The third-order valence-corrected chi connectivity index (χ3v) is 5.39. The number of alkyl halides is 1. The number of rotatable bonds is 8. The number of ketones is 1. The summed E-state index contributed by atoms with van der Waals surface area (Å²) in [5, 5.41) is 13.8. The van der Waals surface area contributed by atoms with Crippen LogP contribution >= 0.6 is 0 Å². The third-order valence-electron chi connectivity index (χ3n) is 5.39. The van der Waals surface area contributed by atoms with Gasteiger partial charge in [-0.1, -0.05) is 42.5 Å². The van der Waals surface area contributed by atoms with Gasteiger partial charge in [0.05, 0.1) is 17.1 Å². The number of carbonyl (C=O) groups is 1. The van der Waals surface area contributed by atoms with Gasteiger partial charge >= 0.3 is 0 Å². The zero-order valence-corrected chi connectivity index (χ0v) is 16.4. The number of fused-ring (bicyclic) bond motifs is 2. The number of nitrogens with zero attached hydrogens (tertiary/aromatic N) is 2. The topological polar surface area (TPSA) is 65.1 Å². The number of halogens is 1. The molecule has 0 radical (unpaired) electrons. The SMILES string of the molecule is O=C(c1cccc2ccccc12)c1cn(CCCCCF)c2cc([N+](=O)[O-])ccc12. The molecule has 4 aromatic rings. The lowest BCUT2D eigenvalue weighted by atomic mass is 9.97. The molecule has 0 atom stereocenters. The number of carbonyl (C=O) groups excluding carboxylic acids is 1. The van der Waals surface area contributed by atoms with Crippen LogP contribution in [0.3, 0.4) is 0 Å². The number of non-ortho nitro benzene ring substituents is 1. The summed E-state index contributed by atoms with van der Waals surface area (Å²) in [4.78, 5) is 24.3. The predicted octanol–water partition coefficient (Wildman–Crippen LogP) is 6.07. The average Bonchev–Trinajstić information content (AvgIpc) is 3.13. The average molecular weight is 404 g/mol. The van der Waals surface area contributed by atoms with Crippen LogP contribution in [0.25, 0.3) is 21.7 Å². The fourth-order valence-electron chi connectivity index (χ4n) is 3.88. The van der Waals surface area contributed by atoms with Crippen LogP contribution in [0, 0.1) is 10.1 Å². The zero-order chi connectivity index (χ0) is 21.1. The van der Waals surface area contributed by atoms with Crippen LogP contribution in [0.1, 0.15) is 35.2 Å². The molecule has 0 spiro atoms. The van der Waals surface area contributed by atoms with Gasteiger partial charge in [0.25, 0.3) is 5.69 Å². The molecule has 0 unspecified atom stereocenters. The maximum atomic E-state index is 13.5. The molecule has 0 aliphatic heterocycles. The quantitative estimate of drug-likeness (QED) is 0.155. The standard InChI is InChI=1S/C24H21FN2O3/c25-13-4-1-5-14-26-16-22(20-12-11-18(27(29)30)15-23(20)26)24(28)21-10-6-8-17-7-2-3-9-19(17)21/h2-3,6-12,15-16H,1,4-5,13-14H2. The van der Waals surface area contributed by atoms with Crippen LogP contribution < -0.4 is 0 Å². The highest BCUT2D eigenvalue weighted by molar-refractivity contribution is 6.21. The fraction of sp³-hybridized carbons (Fsp3) is 0.208. The molecule has 1 heterocycles. The van der Waals surface area contributed by atoms with Gasteiger partial charge in [0.15, 0.2) is 5.78 Å². The van der Waals surface area contributed by atoms with Crippen molar-refractivity contribution < 1.29 is 14.1 Å². The molecule has 4 rings (SSSR count). The highest BCUT2D eigenvalue weighted by Gasteiger charge is 2.20. The fourth-order valence-corrected chi connectivity index (χ4v) is 3.88. The maximum Gasteiger partial charge on any atom is 0.271 e. The van der Waals surface area contributed by atoms with E-state index in [2.05, 4.69) is 0 Å². The minimum atomic E-state index is -0.438. The Kier molecular flexibility index (Phi) is 5.57. The zero-order valence-electron chi connectivity index (χ0n) is 16.4. The first kappa shape index (κ1) is 19.8. The van der Waals surface area contributed by atoms with Gasteiger partial charge in [-0.15, -0.1) is 0 Å². The molecule has 0 aliphatic carbocycles. The van der Waals surface area contributed by atoms with Gasteiger partial charge in [-0.25, -0.2) is 0 Å². The van der Waals surface area contributed by atoms with Crippen LogP contribution in [0.15, 0.2) is 66.9 Å². The Bertz CT molecular complexity index is 1240. The molecule has 30 heavy (non-hydrogen) atoms. The Morgan fingerprint density at radius 1 is 0.933 bits per heavy atom. The van der Waals surface area contributed by atoms with E-state index in [0.717, 1.165) is 23.6 Å². The Morgan fingerprint density at radius 2 is 1.73 bits per heavy atom. The van der Waals surface area contributed by atoms with Crippen molar-refractivity contribution >= 4 is 33.1 Å². The van der Waals surface area contributed by atoms with Crippen LogP contribution in [0.4, 0.5) is 10.1 Å². The minimum absolute atomic E-state index is 0.0187. The molecule has 0 N–H and O–H groups in total. The molecular formula is C24H21FN2O3. The van der Waals surface area contributed by atoms with Gasteiger partial charge in [-0.3, -0.25) is 19.3 Å². The lowest BCUT2D eigenvalue weighted by Crippen LogP contribution is -2.02. The molecular weight excluding hydrogens is 383 g/mol. The molecule has 152 valence electrons. The summed E-state index contributed by atoms with van der Waals surface area (Å²) >= 11 is 0. The monoisotopic (exact) mass is 404 g/mol. The Morgan fingerprint density at radius 3 is 2.53 bits per heavy atom. The van der Waals surface area contributed by atoms with Gasteiger partial charge in [0.1, 0.15) is 0 Å². The van der Waals surface area contributed by atoms with E-state index in [-0.39, 0.29) is 18.1 Å². The third kappa shape index (κ3) is 3.68. The highest BCUT2D eigenvalue weighted by atomic mass is 19.1. The highest BCUT2D eigenvalue weighted by Crippen LogP contribution is 2.30. The Hall–Kier alpha value is -3.54. The molecule has 6 heteroatoms. The molecule has 0 bridgehead atoms. The van der Waals surface area contributed by atoms with E-state index < -0.39 is 4.92 Å². The summed E-state index contributed by atoms with van der Waals surface area (Å²) < 4.78 is 14.3. The second-order valence-corrected chi connectivity index (χ2v) is 7.30. The first-order chi connectivity index (χ1) is 14.6. The van der Waals surface area contributed by atoms with E-state index in [1.165, 1.54) is 12.1 Å². The largest absolute Gasteiger partial charge is 0.347 e. The molecule has 0 saturated carbocycles. The van der Waals surface area contributed by atoms with E-state index in [9.17, 15) is 19.3 Å². The summed E-state index contributed by atoms with van der Waals surface area (Å²) in [5.74, 6) is -0.117. The normalized spacial score (nSPS) is 11.2. The van der Waals surface area contributed by atoms with Gasteiger partial charge in [-0.05, 0) is 36.1 Å². The second-order valence-electron chi connectivity index (χ2n) is 7.30. The summed E-state index contributed by atoms with van der Waals surface area (Å²) in [5.41, 5.74) is 1.74.